The van der Waals surface area contributed by atoms with Crippen molar-refractivity contribution in [3.05, 3.63) is 39.4 Å². The summed E-state index contributed by atoms with van der Waals surface area (Å²) < 4.78 is 24.5. The van der Waals surface area contributed by atoms with E-state index >= 15 is 0 Å². The van der Waals surface area contributed by atoms with Gasteiger partial charge in [0.2, 0.25) is 12.3 Å². The summed E-state index contributed by atoms with van der Waals surface area (Å²) in [4.78, 5) is 44.3. The van der Waals surface area contributed by atoms with Crippen molar-refractivity contribution in [3.63, 3.8) is 0 Å². The van der Waals surface area contributed by atoms with Gasteiger partial charge in [-0.1, -0.05) is 0 Å². The van der Waals surface area contributed by atoms with Gasteiger partial charge in [0, 0.05) is 23.6 Å². The van der Waals surface area contributed by atoms with Gasteiger partial charge in [-0.15, -0.1) is 0 Å². The van der Waals surface area contributed by atoms with Gasteiger partial charge in [0.1, 0.15) is 6.04 Å². The first-order valence-corrected chi connectivity index (χ1v) is 6.95. The zero-order chi connectivity index (χ0) is 19.1. The minimum Gasteiger partial charge on any atom is -0.480 e. The van der Waals surface area contributed by atoms with E-state index in [-0.39, 0.29) is 16.8 Å². The van der Waals surface area contributed by atoms with Crippen LogP contribution in [0.2, 0.25) is 0 Å². The molecule has 0 aliphatic carbocycles. The highest BCUT2D eigenvalue weighted by Gasteiger charge is 2.24. The molecule has 0 aliphatic rings. The Morgan fingerprint density at radius 2 is 1.96 bits per heavy atom. The van der Waals surface area contributed by atoms with E-state index in [0.717, 1.165) is 6.07 Å². The summed E-state index contributed by atoms with van der Waals surface area (Å²) >= 11 is 0. The van der Waals surface area contributed by atoms with E-state index in [9.17, 15) is 33.3 Å². The first-order valence-electron chi connectivity index (χ1n) is 6.95. The minimum absolute atomic E-state index is 0.0539. The number of halogens is 2. The Balaban J connectivity index is 2.63. The van der Waals surface area contributed by atoms with Crippen LogP contribution in [0.25, 0.3) is 0 Å². The molecule has 0 aliphatic heterocycles. The Morgan fingerprint density at radius 1 is 1.32 bits per heavy atom. The molecular weight excluding hydrogens is 344 g/mol. The molecule has 0 saturated carbocycles. The van der Waals surface area contributed by atoms with Crippen molar-refractivity contribution in [2.45, 2.75) is 25.8 Å². The molecule has 0 aromatic heterocycles. The molecule has 0 spiro atoms. The van der Waals surface area contributed by atoms with Crippen LogP contribution in [0, 0.1) is 17.0 Å². The summed E-state index contributed by atoms with van der Waals surface area (Å²) in [6.07, 6.45) is -3.98. The van der Waals surface area contributed by atoms with E-state index < -0.39 is 48.1 Å². The number of aliphatic carboxylic acids is 1. The van der Waals surface area contributed by atoms with Crippen molar-refractivity contribution in [1.82, 2.24) is 10.6 Å². The number of nitrogens with one attached hydrogen (secondary N) is 2. The Morgan fingerprint density at radius 3 is 2.44 bits per heavy atom. The third kappa shape index (κ3) is 6.12. The monoisotopic (exact) mass is 359 g/mol. The molecule has 1 atom stereocenters. The van der Waals surface area contributed by atoms with Gasteiger partial charge in [0.15, 0.2) is 0 Å². The predicted molar refractivity (Wildman–Crippen MR) is 80.4 cm³/mol. The maximum atomic E-state index is 12.2. The number of carbonyl (C=O) groups is 3. The van der Waals surface area contributed by atoms with Crippen LogP contribution in [0.1, 0.15) is 22.3 Å². The summed E-state index contributed by atoms with van der Waals surface area (Å²) in [6, 6.07) is 1.80. The number of hydrogen-bond acceptors (Lipinski definition) is 5. The number of nitro benzene ring substituents is 1. The predicted octanol–water partition coefficient (Wildman–Crippen LogP) is 0.858. The van der Waals surface area contributed by atoms with Gasteiger partial charge >= 0.3 is 5.97 Å². The van der Waals surface area contributed by atoms with Gasteiger partial charge in [-0.2, -0.15) is 0 Å². The molecule has 1 aromatic carbocycles. The van der Waals surface area contributed by atoms with Crippen molar-refractivity contribution in [1.29, 1.82) is 0 Å². The van der Waals surface area contributed by atoms with Crippen LogP contribution in [0.4, 0.5) is 14.5 Å². The Labute approximate surface area is 140 Å². The highest BCUT2D eigenvalue weighted by Crippen LogP contribution is 2.18. The smallest absolute Gasteiger partial charge is 0.326 e. The van der Waals surface area contributed by atoms with Crippen LogP contribution in [-0.4, -0.2) is 46.8 Å². The SMILES string of the molecule is Cc1cc(C(=O)NCC(=O)NC(CC(F)F)C(=O)O)ccc1[N+](=O)[O-]. The Kier molecular flexibility index (Phi) is 6.91. The molecule has 11 heteroatoms. The minimum atomic E-state index is -2.92. The van der Waals surface area contributed by atoms with E-state index in [4.69, 9.17) is 5.11 Å². The number of carboxylic acids is 1. The summed E-state index contributed by atoms with van der Waals surface area (Å²) in [5.41, 5.74) is 0.119. The number of amides is 2. The molecule has 136 valence electrons. The summed E-state index contributed by atoms with van der Waals surface area (Å²) in [5, 5.41) is 23.5. The topological polar surface area (TPSA) is 139 Å². The molecule has 0 fully saturated rings. The van der Waals surface area contributed by atoms with Gasteiger partial charge in [-0.3, -0.25) is 19.7 Å². The lowest BCUT2D eigenvalue weighted by atomic mass is 10.1. The van der Waals surface area contributed by atoms with Gasteiger partial charge in [-0.05, 0) is 19.1 Å². The van der Waals surface area contributed by atoms with Crippen molar-refractivity contribution in [2.75, 3.05) is 6.54 Å². The van der Waals surface area contributed by atoms with Gasteiger partial charge in [0.25, 0.3) is 11.6 Å². The maximum absolute atomic E-state index is 12.2. The number of nitro groups is 1. The fraction of sp³-hybridized carbons (Fsp3) is 0.357. The van der Waals surface area contributed by atoms with E-state index in [1.54, 1.807) is 0 Å². The van der Waals surface area contributed by atoms with Crippen molar-refractivity contribution >= 4 is 23.5 Å². The number of nitrogens with zero attached hydrogens (tertiary/aromatic N) is 1. The highest BCUT2D eigenvalue weighted by atomic mass is 19.3. The maximum Gasteiger partial charge on any atom is 0.326 e. The average Bonchev–Trinajstić information content (AvgIpc) is 2.50. The van der Waals surface area contributed by atoms with E-state index in [2.05, 4.69) is 5.32 Å². The van der Waals surface area contributed by atoms with Crippen molar-refractivity contribution in [3.8, 4) is 0 Å². The molecule has 0 radical (unpaired) electrons. The highest BCUT2D eigenvalue weighted by molar-refractivity contribution is 5.97. The summed E-state index contributed by atoms with van der Waals surface area (Å²) in [5.74, 6) is -3.31. The van der Waals surface area contributed by atoms with Crippen LogP contribution < -0.4 is 10.6 Å². The second-order valence-electron chi connectivity index (χ2n) is 5.03. The van der Waals surface area contributed by atoms with Crippen molar-refractivity contribution < 1.29 is 33.2 Å². The number of alkyl halides is 2. The molecule has 9 nitrogen and oxygen atoms in total. The number of carboxylic acid groups (broad SMARTS) is 1. The normalized spacial score (nSPS) is 11.7. The number of hydrogen-bond donors (Lipinski definition) is 3. The molecule has 0 heterocycles. The lowest BCUT2D eigenvalue weighted by Gasteiger charge is -2.14. The molecule has 1 unspecified atom stereocenters. The van der Waals surface area contributed by atoms with E-state index in [1.165, 1.54) is 19.1 Å². The van der Waals surface area contributed by atoms with Crippen LogP contribution in [0.3, 0.4) is 0 Å². The van der Waals surface area contributed by atoms with Gasteiger partial charge in [-0.25, -0.2) is 13.6 Å². The van der Waals surface area contributed by atoms with Crippen LogP contribution in [-0.2, 0) is 9.59 Å². The molecule has 25 heavy (non-hydrogen) atoms. The van der Waals surface area contributed by atoms with Gasteiger partial charge < -0.3 is 15.7 Å². The lowest BCUT2D eigenvalue weighted by Crippen LogP contribution is -2.46. The lowest BCUT2D eigenvalue weighted by molar-refractivity contribution is -0.385. The Hall–Kier alpha value is -3.11. The third-order valence-electron chi connectivity index (χ3n) is 3.11. The number of carbonyl (C=O) groups excluding carboxylic acids is 2. The fourth-order valence-corrected chi connectivity index (χ4v) is 1.91. The van der Waals surface area contributed by atoms with E-state index in [0.29, 0.717) is 0 Å². The second-order valence-corrected chi connectivity index (χ2v) is 5.03. The number of aryl methyl sites for hydroxylation is 1. The third-order valence-corrected chi connectivity index (χ3v) is 3.11. The summed E-state index contributed by atoms with van der Waals surface area (Å²) in [7, 11) is 0. The zero-order valence-corrected chi connectivity index (χ0v) is 13.0. The molecule has 3 N–H and O–H groups in total. The molecule has 0 saturated heterocycles. The van der Waals surface area contributed by atoms with Gasteiger partial charge in [0.05, 0.1) is 11.5 Å². The average molecular weight is 359 g/mol. The molecule has 0 bridgehead atoms. The van der Waals surface area contributed by atoms with Crippen LogP contribution >= 0.6 is 0 Å². The van der Waals surface area contributed by atoms with Crippen molar-refractivity contribution in [2.24, 2.45) is 0 Å². The molecular formula is C14H15F2N3O6. The zero-order valence-electron chi connectivity index (χ0n) is 13.0. The largest absolute Gasteiger partial charge is 0.480 e. The van der Waals surface area contributed by atoms with Crippen LogP contribution in [0.5, 0.6) is 0 Å². The van der Waals surface area contributed by atoms with E-state index in [1.807, 2.05) is 5.32 Å². The fourth-order valence-electron chi connectivity index (χ4n) is 1.91. The Bertz CT molecular complexity index is 695. The quantitative estimate of drug-likeness (QED) is 0.465. The standard InChI is InChI=1S/C14H15F2N3O6/c1-7-4-8(2-3-10(7)19(24)25)13(21)17-6-12(20)18-9(14(22)23)5-11(15)16/h2-4,9,11H,5-6H2,1H3,(H,17,21)(H,18,20)(H,22,23). The van der Waals surface area contributed by atoms with Crippen LogP contribution in [0.15, 0.2) is 18.2 Å². The number of benzene rings is 1. The second kappa shape index (κ2) is 8.66. The first kappa shape index (κ1) is 19.9. The first-order chi connectivity index (χ1) is 11.6. The molecule has 1 rings (SSSR count). The number of rotatable bonds is 8. The summed E-state index contributed by atoms with van der Waals surface area (Å²) in [6.45, 7) is 0.797. The molecule has 1 aromatic rings. The molecule has 2 amide bonds.